The van der Waals surface area contributed by atoms with Crippen molar-refractivity contribution in [3.63, 3.8) is 0 Å². The van der Waals surface area contributed by atoms with Crippen LogP contribution in [0.4, 0.5) is 18.9 Å². The van der Waals surface area contributed by atoms with Crippen molar-refractivity contribution in [2.75, 3.05) is 6.61 Å². The van der Waals surface area contributed by atoms with Crippen molar-refractivity contribution in [1.29, 1.82) is 0 Å². The number of nitro benzene ring substituents is 1. The van der Waals surface area contributed by atoms with E-state index in [1.54, 1.807) is 5.32 Å². The topological polar surface area (TPSA) is 223 Å². The number of esters is 1. The maximum Gasteiger partial charge on any atom is 0.471 e. The smallest absolute Gasteiger partial charge is 0.471 e. The Morgan fingerprint density at radius 1 is 1.04 bits per heavy atom. The summed E-state index contributed by atoms with van der Waals surface area (Å²) in [6.07, 6.45) is -11.3. The van der Waals surface area contributed by atoms with E-state index >= 15 is 0 Å². The van der Waals surface area contributed by atoms with Gasteiger partial charge in [-0.2, -0.15) is 13.2 Å². The molecule has 0 spiro atoms. The minimum absolute atomic E-state index is 0.0252. The normalized spacial score (nSPS) is 25.6. The third kappa shape index (κ3) is 6.28. The first-order chi connectivity index (χ1) is 23.9. The van der Waals surface area contributed by atoms with Crippen LogP contribution in [0.25, 0.3) is 0 Å². The molecule has 6 rings (SSSR count). The molecule has 51 heavy (non-hydrogen) atoms. The number of fused-ring (bicyclic) bond motifs is 3. The molecule has 17 heteroatoms. The lowest BCUT2D eigenvalue weighted by Crippen LogP contribution is -2.61. The second-order valence-electron chi connectivity index (χ2n) is 12.9. The van der Waals surface area contributed by atoms with Crippen molar-refractivity contribution in [3.8, 4) is 11.5 Å². The Balaban J connectivity index is 1.41. The molecule has 0 aromatic heterocycles. The average Bonchev–Trinajstić information content (AvgIpc) is 3.08. The number of nitrogens with one attached hydrogen (secondary N) is 1. The summed E-state index contributed by atoms with van der Waals surface area (Å²) in [7, 11) is 0. The highest BCUT2D eigenvalue weighted by Gasteiger charge is 2.52. The van der Waals surface area contributed by atoms with Crippen LogP contribution in [0.2, 0.25) is 0 Å². The molecule has 1 aliphatic heterocycles. The van der Waals surface area contributed by atoms with Crippen LogP contribution in [-0.4, -0.2) is 91.5 Å². The number of amides is 1. The van der Waals surface area contributed by atoms with E-state index in [0.717, 1.165) is 24.3 Å². The second kappa shape index (κ2) is 12.7. The fraction of sp³-hybridized carbons (Fsp3) is 0.353. The number of carbonyl (C=O) groups excluding carboxylic acids is 4. The quantitative estimate of drug-likeness (QED) is 0.0842. The number of ether oxygens (including phenoxy) is 2. The van der Waals surface area contributed by atoms with Crippen LogP contribution in [0.5, 0.6) is 11.5 Å². The number of nitro groups is 1. The fourth-order valence-electron chi connectivity index (χ4n) is 7.18. The van der Waals surface area contributed by atoms with Gasteiger partial charge < -0.3 is 35.2 Å². The third-order valence-corrected chi connectivity index (χ3v) is 9.41. The first-order valence-electron chi connectivity index (χ1n) is 15.5. The summed E-state index contributed by atoms with van der Waals surface area (Å²) in [5.74, 6) is -7.80. The number of non-ortho nitro benzene ring substituents is 1. The minimum atomic E-state index is -5.40. The molecule has 3 aromatic carbocycles. The molecule has 14 nitrogen and oxygen atoms in total. The summed E-state index contributed by atoms with van der Waals surface area (Å²) >= 11 is 0. The van der Waals surface area contributed by atoms with E-state index in [1.165, 1.54) is 31.2 Å². The van der Waals surface area contributed by atoms with Crippen LogP contribution < -0.4 is 5.32 Å². The molecule has 1 unspecified atom stereocenters. The summed E-state index contributed by atoms with van der Waals surface area (Å²) in [6.45, 7) is 0.388. The number of carbonyl (C=O) groups is 4. The number of phenolic OH excluding ortho intramolecular Hbond substituents is 2. The molecule has 0 saturated carbocycles. The van der Waals surface area contributed by atoms with Crippen LogP contribution in [0.3, 0.4) is 0 Å². The molecule has 1 heterocycles. The Morgan fingerprint density at radius 3 is 2.18 bits per heavy atom. The minimum Gasteiger partial charge on any atom is -0.507 e. The van der Waals surface area contributed by atoms with Gasteiger partial charge in [-0.15, -0.1) is 0 Å². The van der Waals surface area contributed by atoms with Crippen molar-refractivity contribution < 1.29 is 67.2 Å². The number of rotatable bonds is 6. The molecule has 268 valence electrons. The van der Waals surface area contributed by atoms with Gasteiger partial charge in [-0.25, -0.2) is 4.79 Å². The van der Waals surface area contributed by atoms with Crippen LogP contribution in [0.15, 0.2) is 48.5 Å². The van der Waals surface area contributed by atoms with E-state index < -0.39 is 106 Å². The Morgan fingerprint density at radius 2 is 1.63 bits per heavy atom. The number of hydrogen-bond acceptors (Lipinski definition) is 12. The van der Waals surface area contributed by atoms with E-state index in [0.29, 0.717) is 0 Å². The molecule has 1 amide bonds. The maximum absolute atomic E-state index is 13.6. The van der Waals surface area contributed by atoms with E-state index in [1.807, 2.05) is 0 Å². The van der Waals surface area contributed by atoms with Crippen molar-refractivity contribution in [2.24, 2.45) is 0 Å². The number of aliphatic hydroxyl groups is 2. The Bertz CT molecular complexity index is 1980. The molecule has 1 fully saturated rings. The lowest BCUT2D eigenvalue weighted by molar-refractivity contribution is -0.384. The van der Waals surface area contributed by atoms with Gasteiger partial charge in [0.1, 0.15) is 17.6 Å². The van der Waals surface area contributed by atoms with Gasteiger partial charge in [-0.1, -0.05) is 24.3 Å². The van der Waals surface area contributed by atoms with E-state index in [4.69, 9.17) is 9.47 Å². The molecule has 3 aromatic rings. The van der Waals surface area contributed by atoms with Gasteiger partial charge in [-0.3, -0.25) is 24.5 Å². The predicted molar refractivity (Wildman–Crippen MR) is 165 cm³/mol. The van der Waals surface area contributed by atoms with E-state index in [-0.39, 0.29) is 46.3 Å². The highest BCUT2D eigenvalue weighted by Crippen LogP contribution is 2.53. The van der Waals surface area contributed by atoms with Crippen LogP contribution in [0, 0.1) is 10.1 Å². The molecule has 0 radical (unpaired) electrons. The zero-order chi connectivity index (χ0) is 37.2. The van der Waals surface area contributed by atoms with Crippen LogP contribution in [0.1, 0.15) is 79.0 Å². The standard InChI is InChI=1S/C34H29F3N2O12/c1-33(47)11-18(23-19(12-33)28(43)24-25(29(23)44)27(42)17-5-3-2-4-16(17)26(24)41)21-10-20(38-32(46)34(35,36)37)30(22(13-40)50-21)51-31(45)14-6-8-15(9-7-14)39(48)49/h2-9,18,20-22,30,40,43-44,47H,10-13H2,1H3,(H,38,46)/t18-,20+,21-,22-,30-,33?/m1/s1. The van der Waals surface area contributed by atoms with Gasteiger partial charge in [0.15, 0.2) is 17.7 Å². The lowest BCUT2D eigenvalue weighted by atomic mass is 9.68. The number of nitrogens with zero attached hydrogens (tertiary/aromatic N) is 1. The largest absolute Gasteiger partial charge is 0.507 e. The fourth-order valence-corrected chi connectivity index (χ4v) is 7.18. The number of halogens is 3. The second-order valence-corrected chi connectivity index (χ2v) is 12.9. The van der Waals surface area contributed by atoms with Gasteiger partial charge >= 0.3 is 18.1 Å². The van der Waals surface area contributed by atoms with Crippen molar-refractivity contribution in [2.45, 2.75) is 68.2 Å². The number of phenols is 2. The Labute approximate surface area is 285 Å². The maximum atomic E-state index is 13.6. The summed E-state index contributed by atoms with van der Waals surface area (Å²) in [5.41, 5.74) is -3.64. The lowest BCUT2D eigenvalue weighted by Gasteiger charge is -2.47. The molecular weight excluding hydrogens is 685 g/mol. The van der Waals surface area contributed by atoms with Gasteiger partial charge in [0, 0.05) is 46.7 Å². The zero-order valence-corrected chi connectivity index (χ0v) is 26.5. The number of alkyl halides is 3. The molecule has 2 aliphatic carbocycles. The van der Waals surface area contributed by atoms with Gasteiger partial charge in [-0.05, 0) is 31.9 Å². The van der Waals surface area contributed by atoms with E-state index in [2.05, 4.69) is 0 Å². The predicted octanol–water partition coefficient (Wildman–Crippen LogP) is 2.98. The van der Waals surface area contributed by atoms with Crippen molar-refractivity contribution in [1.82, 2.24) is 5.32 Å². The number of aromatic hydroxyl groups is 2. The number of hydrogen-bond donors (Lipinski definition) is 5. The zero-order valence-electron chi connectivity index (χ0n) is 26.5. The number of ketones is 2. The summed E-state index contributed by atoms with van der Waals surface area (Å²) in [6, 6.07) is 8.06. The van der Waals surface area contributed by atoms with Crippen LogP contribution in [-0.2, 0) is 20.7 Å². The molecule has 6 atom stereocenters. The molecular formula is C34H29F3N2O12. The van der Waals surface area contributed by atoms with Crippen LogP contribution >= 0.6 is 0 Å². The Kier molecular flexibility index (Phi) is 8.85. The SMILES string of the molecule is CC1(O)Cc2c(O)c3c(c(O)c2[C@@H]([C@H]2C[C@H](NC(=O)C(F)(F)F)[C@@H](OC(=O)c4ccc([N+](=O)[O-])cc4)[C@@H](CO)O2)C1)C(=O)c1ccccc1C3=O. The number of aliphatic hydroxyl groups excluding tert-OH is 1. The van der Waals surface area contributed by atoms with Gasteiger partial charge in [0.05, 0.1) is 46.0 Å². The average molecular weight is 715 g/mol. The summed E-state index contributed by atoms with van der Waals surface area (Å²) in [4.78, 5) is 62.7. The van der Waals surface area contributed by atoms with Gasteiger partial charge in [0.2, 0.25) is 0 Å². The molecule has 3 aliphatic rings. The van der Waals surface area contributed by atoms with E-state index in [9.17, 15) is 62.9 Å². The monoisotopic (exact) mass is 714 g/mol. The Hall–Kier alpha value is -5.39. The van der Waals surface area contributed by atoms with Crippen molar-refractivity contribution >= 4 is 29.1 Å². The van der Waals surface area contributed by atoms with Crippen molar-refractivity contribution in [3.05, 3.63) is 97.6 Å². The van der Waals surface area contributed by atoms with Gasteiger partial charge in [0.25, 0.3) is 5.69 Å². The first-order valence-corrected chi connectivity index (χ1v) is 15.5. The molecule has 5 N–H and O–H groups in total. The summed E-state index contributed by atoms with van der Waals surface area (Å²) < 4.78 is 52.0. The highest BCUT2D eigenvalue weighted by molar-refractivity contribution is 6.30. The number of benzene rings is 3. The molecule has 0 bridgehead atoms. The molecule has 1 saturated heterocycles. The third-order valence-electron chi connectivity index (χ3n) is 9.41. The first kappa shape index (κ1) is 35.4. The summed E-state index contributed by atoms with van der Waals surface area (Å²) in [5, 5.41) is 57.6. The highest BCUT2D eigenvalue weighted by atomic mass is 19.4.